The van der Waals surface area contributed by atoms with E-state index in [1.807, 2.05) is 13.8 Å². The molecule has 0 amide bonds. The van der Waals surface area contributed by atoms with Crippen LogP contribution in [0.1, 0.15) is 118 Å². The molecule has 6 N–H and O–H groups in total. The number of aliphatic hydroxyl groups is 1. The Balaban J connectivity index is 1.22. The van der Waals surface area contributed by atoms with Crippen molar-refractivity contribution in [3.05, 3.63) is 0 Å². The lowest BCUT2D eigenvalue weighted by molar-refractivity contribution is -0.170. The molecule has 4 aliphatic rings. The van der Waals surface area contributed by atoms with Crippen LogP contribution in [0.4, 0.5) is 0 Å². The van der Waals surface area contributed by atoms with Gasteiger partial charge in [0.1, 0.15) is 0 Å². The first-order chi connectivity index (χ1) is 20.6. The van der Waals surface area contributed by atoms with E-state index in [0.717, 1.165) is 70.4 Å². The average molecular weight is 605 g/mol. The van der Waals surface area contributed by atoms with Crippen molar-refractivity contribution in [1.29, 1.82) is 0 Å². The molecule has 0 radical (unpaired) electrons. The highest BCUT2D eigenvalue weighted by atomic mass is 16.5. The molecule has 0 bridgehead atoms. The zero-order chi connectivity index (χ0) is 31.0. The monoisotopic (exact) mass is 605 g/mol. The van der Waals surface area contributed by atoms with E-state index >= 15 is 0 Å². The summed E-state index contributed by atoms with van der Waals surface area (Å²) in [7, 11) is 0. The SMILES string of the molecule is CC(C)OC(=O)CC[C@@H](C)[C@H]1CCC2C3CCC4C[C@@H](NCCCNCCCNCCCN)CC[C@]4(C)C3C[C@H](O)[C@@]21C. The molecule has 250 valence electrons. The number of ether oxygens (including phenoxy) is 1. The number of nitrogens with one attached hydrogen (secondary N) is 3. The predicted octanol–water partition coefficient (Wildman–Crippen LogP) is 5.25. The van der Waals surface area contributed by atoms with Crippen molar-refractivity contribution in [3.63, 3.8) is 0 Å². The summed E-state index contributed by atoms with van der Waals surface area (Å²) in [5.74, 6) is 3.68. The maximum Gasteiger partial charge on any atom is 0.306 e. The number of esters is 1. The van der Waals surface area contributed by atoms with Gasteiger partial charge in [-0.15, -0.1) is 0 Å². The van der Waals surface area contributed by atoms with Gasteiger partial charge in [0.2, 0.25) is 0 Å². The predicted molar refractivity (Wildman–Crippen MR) is 177 cm³/mol. The molecule has 4 aliphatic carbocycles. The van der Waals surface area contributed by atoms with Crippen LogP contribution < -0.4 is 21.7 Å². The summed E-state index contributed by atoms with van der Waals surface area (Å²) in [5, 5.41) is 22.9. The van der Waals surface area contributed by atoms with Crippen molar-refractivity contribution in [2.24, 2.45) is 52.1 Å². The lowest BCUT2D eigenvalue weighted by Gasteiger charge is -2.62. The molecule has 7 heteroatoms. The molecule has 4 rings (SSSR count). The van der Waals surface area contributed by atoms with E-state index in [1.165, 1.54) is 57.8 Å². The first-order valence-corrected chi connectivity index (χ1v) is 18.3. The third-order valence-electron chi connectivity index (χ3n) is 12.9. The van der Waals surface area contributed by atoms with Crippen LogP contribution in [0.3, 0.4) is 0 Å². The van der Waals surface area contributed by atoms with Crippen LogP contribution in [0.5, 0.6) is 0 Å². The van der Waals surface area contributed by atoms with Gasteiger partial charge in [-0.05, 0) is 177 Å². The summed E-state index contributed by atoms with van der Waals surface area (Å²) in [6.07, 6.45) is 14.6. The minimum Gasteiger partial charge on any atom is -0.463 e. The van der Waals surface area contributed by atoms with E-state index in [0.29, 0.717) is 41.5 Å². The van der Waals surface area contributed by atoms with E-state index in [1.54, 1.807) is 0 Å². The van der Waals surface area contributed by atoms with Crippen LogP contribution in [-0.4, -0.2) is 68.6 Å². The quantitative estimate of drug-likeness (QED) is 0.114. The van der Waals surface area contributed by atoms with Crippen LogP contribution in [-0.2, 0) is 9.53 Å². The largest absolute Gasteiger partial charge is 0.463 e. The third-order valence-corrected chi connectivity index (χ3v) is 12.9. The van der Waals surface area contributed by atoms with Crippen LogP contribution in [0.15, 0.2) is 0 Å². The van der Waals surface area contributed by atoms with Crippen LogP contribution in [0.2, 0.25) is 0 Å². The molecular formula is C36H68N4O3. The molecule has 0 heterocycles. The zero-order valence-electron chi connectivity index (χ0n) is 28.5. The van der Waals surface area contributed by atoms with Crippen molar-refractivity contribution in [2.75, 3.05) is 39.3 Å². The number of hydrogen-bond donors (Lipinski definition) is 5. The fraction of sp³-hybridized carbons (Fsp3) is 0.972. The smallest absolute Gasteiger partial charge is 0.306 e. The van der Waals surface area contributed by atoms with Crippen molar-refractivity contribution < 1.29 is 14.6 Å². The third kappa shape index (κ3) is 8.36. The molecule has 0 spiro atoms. The second kappa shape index (κ2) is 16.2. The Morgan fingerprint density at radius 3 is 2.30 bits per heavy atom. The summed E-state index contributed by atoms with van der Waals surface area (Å²) in [5.41, 5.74) is 5.89. The highest BCUT2D eigenvalue weighted by Crippen LogP contribution is 2.68. The van der Waals surface area contributed by atoms with Gasteiger partial charge in [-0.25, -0.2) is 0 Å². The highest BCUT2D eigenvalue weighted by Gasteiger charge is 2.63. The molecule has 0 aromatic heterocycles. The summed E-state index contributed by atoms with van der Waals surface area (Å²) in [6.45, 7) is 17.3. The number of carbonyl (C=O) groups excluding carboxylic acids is 1. The Hall–Kier alpha value is -0.730. The molecule has 4 saturated carbocycles. The molecule has 0 aliphatic heterocycles. The lowest BCUT2D eigenvalue weighted by atomic mass is 9.43. The number of aliphatic hydroxyl groups excluding tert-OH is 1. The van der Waals surface area contributed by atoms with Gasteiger partial charge in [-0.1, -0.05) is 20.8 Å². The lowest BCUT2D eigenvalue weighted by Crippen LogP contribution is -2.59. The van der Waals surface area contributed by atoms with E-state index in [2.05, 4.69) is 36.7 Å². The second-order valence-electron chi connectivity index (χ2n) is 15.8. The molecule has 43 heavy (non-hydrogen) atoms. The normalized spacial score (nSPS) is 37.9. The molecule has 0 aromatic rings. The van der Waals surface area contributed by atoms with Crippen molar-refractivity contribution in [2.45, 2.75) is 136 Å². The Kier molecular flexibility index (Phi) is 13.2. The van der Waals surface area contributed by atoms with E-state index < -0.39 is 0 Å². The van der Waals surface area contributed by atoms with Gasteiger partial charge in [-0.3, -0.25) is 4.79 Å². The Bertz CT molecular complexity index is 856. The molecule has 7 nitrogen and oxygen atoms in total. The fourth-order valence-electron chi connectivity index (χ4n) is 10.6. The van der Waals surface area contributed by atoms with Crippen LogP contribution in [0, 0.1) is 46.3 Å². The maximum atomic E-state index is 12.3. The van der Waals surface area contributed by atoms with Gasteiger partial charge in [0.15, 0.2) is 0 Å². The zero-order valence-corrected chi connectivity index (χ0v) is 28.5. The minimum atomic E-state index is -0.225. The number of rotatable bonds is 17. The van der Waals surface area contributed by atoms with E-state index in [-0.39, 0.29) is 23.6 Å². The molecule has 0 saturated heterocycles. The molecule has 4 unspecified atom stereocenters. The van der Waals surface area contributed by atoms with Crippen LogP contribution in [0.25, 0.3) is 0 Å². The van der Waals surface area contributed by atoms with Gasteiger partial charge >= 0.3 is 5.97 Å². The van der Waals surface area contributed by atoms with E-state index in [9.17, 15) is 9.90 Å². The minimum absolute atomic E-state index is 0.0144. The number of carbonyl (C=O) groups is 1. The average Bonchev–Trinajstić information content (AvgIpc) is 3.33. The van der Waals surface area contributed by atoms with Gasteiger partial charge in [0.05, 0.1) is 12.2 Å². The van der Waals surface area contributed by atoms with Gasteiger partial charge in [-0.2, -0.15) is 0 Å². The van der Waals surface area contributed by atoms with Crippen LogP contribution >= 0.6 is 0 Å². The Morgan fingerprint density at radius 2 is 1.60 bits per heavy atom. The van der Waals surface area contributed by atoms with E-state index in [4.69, 9.17) is 10.5 Å². The first-order valence-electron chi connectivity index (χ1n) is 18.3. The number of fused-ring (bicyclic) bond motifs is 5. The standard InChI is InChI=1S/C36H68N4O3/c1-25(2)43-34(42)14-9-26(3)30-12-13-31-29-11-10-27-23-28(40-22-8-21-39-20-7-19-38-18-6-17-37)15-16-35(27,4)32(29)24-33(41)36(30,31)5/h25-33,38-41H,6-24,37H2,1-5H3/t26-,27?,28+,29?,30-,31?,32?,33+,35+,36-/m1/s1. The Morgan fingerprint density at radius 1 is 0.907 bits per heavy atom. The highest BCUT2D eigenvalue weighted by molar-refractivity contribution is 5.69. The summed E-state index contributed by atoms with van der Waals surface area (Å²) < 4.78 is 5.41. The first kappa shape index (κ1) is 35.1. The van der Waals surface area contributed by atoms with Crippen molar-refractivity contribution >= 4 is 5.97 Å². The second-order valence-corrected chi connectivity index (χ2v) is 15.8. The molecule has 0 aromatic carbocycles. The maximum absolute atomic E-state index is 12.3. The summed E-state index contributed by atoms with van der Waals surface area (Å²) in [6, 6.07) is 0.652. The summed E-state index contributed by atoms with van der Waals surface area (Å²) in [4.78, 5) is 12.3. The topological polar surface area (TPSA) is 109 Å². The van der Waals surface area contributed by atoms with Crippen molar-refractivity contribution in [1.82, 2.24) is 16.0 Å². The fourth-order valence-corrected chi connectivity index (χ4v) is 10.6. The van der Waals surface area contributed by atoms with Gasteiger partial charge in [0.25, 0.3) is 0 Å². The molecule has 10 atom stereocenters. The number of nitrogens with two attached hydrogens (primary N) is 1. The molecule has 4 fully saturated rings. The Labute approximate surface area is 264 Å². The number of hydrogen-bond acceptors (Lipinski definition) is 7. The van der Waals surface area contributed by atoms with Gasteiger partial charge in [0, 0.05) is 12.5 Å². The summed E-state index contributed by atoms with van der Waals surface area (Å²) >= 11 is 0. The molecular weight excluding hydrogens is 536 g/mol. The van der Waals surface area contributed by atoms with Gasteiger partial charge < -0.3 is 31.5 Å². The van der Waals surface area contributed by atoms with Crippen molar-refractivity contribution in [3.8, 4) is 0 Å².